The Morgan fingerprint density at radius 1 is 1.07 bits per heavy atom. The highest BCUT2D eigenvalue weighted by Crippen LogP contribution is 2.33. The van der Waals surface area contributed by atoms with Crippen LogP contribution in [-0.2, 0) is 11.0 Å². The number of Topliss-reactive ketones (excluding diaryl/α,β-unsaturated/α-hetero) is 1. The molecule has 154 valence electrons. The van der Waals surface area contributed by atoms with Crippen LogP contribution < -0.4 is 0 Å². The zero-order valence-corrected chi connectivity index (χ0v) is 15.7. The summed E-state index contributed by atoms with van der Waals surface area (Å²) in [5.74, 6) is -1.34. The average molecular weight is 436 g/mol. The molecule has 0 spiro atoms. The van der Waals surface area contributed by atoms with Crippen LogP contribution in [0.1, 0.15) is 21.5 Å². The van der Waals surface area contributed by atoms with Crippen molar-refractivity contribution in [2.24, 2.45) is 0 Å². The minimum atomic E-state index is -4.49. The molecule has 1 aliphatic rings. The van der Waals surface area contributed by atoms with Crippen molar-refractivity contribution in [3.63, 3.8) is 0 Å². The first-order valence-electron chi connectivity index (χ1n) is 8.26. The third kappa shape index (κ3) is 4.57. The number of alkyl halides is 3. The van der Waals surface area contributed by atoms with E-state index in [4.69, 9.17) is 0 Å². The number of non-ortho nitro benzene ring substituents is 1. The molecule has 2 aromatic carbocycles. The molecule has 1 fully saturated rings. The van der Waals surface area contributed by atoms with Gasteiger partial charge in [0.15, 0.2) is 5.78 Å². The van der Waals surface area contributed by atoms with Gasteiger partial charge >= 0.3 is 6.18 Å². The van der Waals surface area contributed by atoms with Gasteiger partial charge < -0.3 is 0 Å². The van der Waals surface area contributed by atoms with Crippen LogP contribution in [0.4, 0.5) is 23.7 Å². The lowest BCUT2D eigenvalue weighted by atomic mass is 10.1. The van der Waals surface area contributed by atoms with Crippen molar-refractivity contribution in [2.45, 2.75) is 6.18 Å². The van der Waals surface area contributed by atoms with E-state index in [1.807, 2.05) is 0 Å². The van der Waals surface area contributed by atoms with Gasteiger partial charge in [-0.15, -0.1) is 0 Å². The molecule has 1 heterocycles. The number of halogens is 3. The summed E-state index contributed by atoms with van der Waals surface area (Å²) in [7, 11) is 0. The monoisotopic (exact) mass is 436 g/mol. The van der Waals surface area contributed by atoms with E-state index in [-0.39, 0.29) is 21.7 Å². The van der Waals surface area contributed by atoms with E-state index in [2.05, 4.69) is 0 Å². The van der Waals surface area contributed by atoms with Crippen LogP contribution in [0, 0.1) is 10.1 Å². The Labute approximate surface area is 171 Å². The lowest BCUT2D eigenvalue weighted by Crippen LogP contribution is -2.33. The van der Waals surface area contributed by atoms with Crippen molar-refractivity contribution in [2.75, 3.05) is 6.54 Å². The summed E-state index contributed by atoms with van der Waals surface area (Å²) in [6.45, 7) is -0.563. The fraction of sp³-hybridized carbons (Fsp3) is 0.105. The van der Waals surface area contributed by atoms with E-state index in [0.717, 1.165) is 24.3 Å². The molecular formula is C19H11F3N2O5S. The van der Waals surface area contributed by atoms with Crippen LogP contribution in [0.3, 0.4) is 0 Å². The highest BCUT2D eigenvalue weighted by Gasteiger charge is 2.36. The highest BCUT2D eigenvalue weighted by molar-refractivity contribution is 8.18. The maximum atomic E-state index is 12.6. The number of carbonyl (C=O) groups is 3. The van der Waals surface area contributed by atoms with Crippen LogP contribution in [0.2, 0.25) is 0 Å². The van der Waals surface area contributed by atoms with Gasteiger partial charge in [0, 0.05) is 17.7 Å². The molecule has 1 saturated heterocycles. The van der Waals surface area contributed by atoms with Gasteiger partial charge in [-0.2, -0.15) is 13.2 Å². The van der Waals surface area contributed by atoms with E-state index in [1.165, 1.54) is 30.3 Å². The fourth-order valence-corrected chi connectivity index (χ4v) is 3.40. The number of nitrogens with zero attached hydrogens (tertiary/aromatic N) is 2. The zero-order chi connectivity index (χ0) is 22.1. The number of thioether (sulfide) groups is 1. The second-order valence-electron chi connectivity index (χ2n) is 6.11. The molecule has 0 radical (unpaired) electrons. The summed E-state index contributed by atoms with van der Waals surface area (Å²) >= 11 is 0.565. The van der Waals surface area contributed by atoms with Gasteiger partial charge in [-0.25, -0.2) is 0 Å². The topological polar surface area (TPSA) is 97.6 Å². The maximum Gasteiger partial charge on any atom is 0.416 e. The second kappa shape index (κ2) is 8.11. The molecule has 1 aliphatic heterocycles. The number of rotatable bonds is 5. The van der Waals surface area contributed by atoms with Gasteiger partial charge in [-0.3, -0.25) is 29.4 Å². The van der Waals surface area contributed by atoms with Gasteiger partial charge in [-0.05, 0) is 47.7 Å². The molecule has 0 aliphatic carbocycles. The van der Waals surface area contributed by atoms with Crippen LogP contribution >= 0.6 is 11.8 Å². The Kier molecular flexibility index (Phi) is 5.74. The number of imide groups is 1. The Balaban J connectivity index is 1.73. The zero-order valence-electron chi connectivity index (χ0n) is 14.9. The Morgan fingerprint density at radius 2 is 1.67 bits per heavy atom. The number of amides is 2. The van der Waals surface area contributed by atoms with Crippen molar-refractivity contribution >= 4 is 40.5 Å². The molecule has 2 aromatic rings. The van der Waals surface area contributed by atoms with Crippen LogP contribution in [0.5, 0.6) is 0 Å². The van der Waals surface area contributed by atoms with E-state index >= 15 is 0 Å². The minimum absolute atomic E-state index is 0.0312. The maximum absolute atomic E-state index is 12.6. The van der Waals surface area contributed by atoms with Gasteiger partial charge in [0.1, 0.15) is 0 Å². The molecule has 0 N–H and O–H groups in total. The van der Waals surface area contributed by atoms with Crippen LogP contribution in [0.25, 0.3) is 6.08 Å². The number of benzene rings is 2. The van der Waals surface area contributed by atoms with Crippen LogP contribution in [0.15, 0.2) is 53.4 Å². The Bertz CT molecular complexity index is 1060. The van der Waals surface area contributed by atoms with Gasteiger partial charge in [0.2, 0.25) is 0 Å². The lowest BCUT2D eigenvalue weighted by Gasteiger charge is -2.11. The molecule has 0 aromatic heterocycles. The summed E-state index contributed by atoms with van der Waals surface area (Å²) in [5, 5.41) is 9.96. The first kappa shape index (κ1) is 21.2. The molecule has 2 amide bonds. The molecule has 0 bridgehead atoms. The van der Waals surface area contributed by atoms with Gasteiger partial charge in [-0.1, -0.05) is 12.1 Å². The minimum Gasteiger partial charge on any atom is -0.292 e. The normalized spacial score (nSPS) is 15.7. The van der Waals surface area contributed by atoms with Crippen molar-refractivity contribution in [3.8, 4) is 0 Å². The van der Waals surface area contributed by atoms with E-state index in [9.17, 15) is 37.7 Å². The standard InChI is InChI=1S/C19H11F3N2O5S/c20-19(21,22)13-5-1-11(2-6-13)9-16-17(26)23(18(27)30-16)10-15(25)12-3-7-14(8-4-12)24(28)29/h1-9H,10H2/b16-9-. The van der Waals surface area contributed by atoms with Gasteiger partial charge in [0.25, 0.3) is 16.8 Å². The summed E-state index contributed by atoms with van der Waals surface area (Å²) in [6, 6.07) is 8.74. The van der Waals surface area contributed by atoms with E-state index in [1.54, 1.807) is 0 Å². The predicted molar refractivity (Wildman–Crippen MR) is 102 cm³/mol. The summed E-state index contributed by atoms with van der Waals surface area (Å²) in [4.78, 5) is 47.6. The lowest BCUT2D eigenvalue weighted by molar-refractivity contribution is -0.384. The number of nitro groups is 1. The number of hydrogen-bond acceptors (Lipinski definition) is 6. The highest BCUT2D eigenvalue weighted by atomic mass is 32.2. The third-order valence-electron chi connectivity index (χ3n) is 4.11. The number of hydrogen-bond donors (Lipinski definition) is 0. The number of nitro benzene ring substituents is 1. The molecule has 7 nitrogen and oxygen atoms in total. The van der Waals surface area contributed by atoms with Crippen molar-refractivity contribution < 1.29 is 32.5 Å². The molecule has 0 atom stereocenters. The molecule has 3 rings (SSSR count). The molecule has 0 unspecified atom stereocenters. The SMILES string of the molecule is O=C(CN1C(=O)S/C(=C\c2ccc(C(F)(F)F)cc2)C1=O)c1ccc([N+](=O)[O-])cc1. The fourth-order valence-electron chi connectivity index (χ4n) is 2.56. The van der Waals surface area contributed by atoms with Gasteiger partial charge in [0.05, 0.1) is 21.9 Å². The van der Waals surface area contributed by atoms with Crippen molar-refractivity contribution in [1.82, 2.24) is 4.90 Å². The average Bonchev–Trinajstić information content (AvgIpc) is 2.95. The quantitative estimate of drug-likeness (QED) is 0.296. The third-order valence-corrected chi connectivity index (χ3v) is 5.02. The Hall–Kier alpha value is -3.47. The smallest absolute Gasteiger partial charge is 0.292 e. The van der Waals surface area contributed by atoms with Crippen molar-refractivity contribution in [1.29, 1.82) is 0 Å². The largest absolute Gasteiger partial charge is 0.416 e. The molecule has 30 heavy (non-hydrogen) atoms. The van der Waals surface area contributed by atoms with Crippen LogP contribution in [-0.4, -0.2) is 33.3 Å². The van der Waals surface area contributed by atoms with E-state index in [0.29, 0.717) is 16.7 Å². The summed E-state index contributed by atoms with van der Waals surface area (Å²) in [6.07, 6.45) is -3.23. The second-order valence-corrected chi connectivity index (χ2v) is 7.11. The summed E-state index contributed by atoms with van der Waals surface area (Å²) < 4.78 is 37.9. The Morgan fingerprint density at radius 3 is 2.20 bits per heavy atom. The summed E-state index contributed by atoms with van der Waals surface area (Å²) in [5.41, 5.74) is -0.680. The first-order chi connectivity index (χ1) is 14.1. The predicted octanol–water partition coefficient (Wildman–Crippen LogP) is 4.53. The van der Waals surface area contributed by atoms with Crippen molar-refractivity contribution in [3.05, 3.63) is 80.2 Å². The first-order valence-corrected chi connectivity index (χ1v) is 9.08. The number of carbonyl (C=O) groups excluding carboxylic acids is 3. The molecular weight excluding hydrogens is 425 g/mol. The molecule has 0 saturated carbocycles. The number of ketones is 1. The van der Waals surface area contributed by atoms with E-state index < -0.39 is 40.1 Å². The molecule has 11 heteroatoms.